The maximum absolute atomic E-state index is 12.2. The Hall–Kier alpha value is -2.28. The number of hydrogen-bond acceptors (Lipinski definition) is 5. The highest BCUT2D eigenvalue weighted by atomic mass is 16.5. The topological polar surface area (TPSA) is 103 Å². The molecule has 0 aliphatic carbocycles. The predicted octanol–water partition coefficient (Wildman–Crippen LogP) is 0.158. The normalized spacial score (nSPS) is 11.6. The quantitative estimate of drug-likeness (QED) is 0.491. The van der Waals surface area contributed by atoms with Gasteiger partial charge in [-0.05, 0) is 19.1 Å². The molecular formula is C14H21N3O4. The number of methoxy groups -OCH3 is 2. The van der Waals surface area contributed by atoms with Crippen molar-refractivity contribution in [1.29, 1.82) is 0 Å². The maximum Gasteiger partial charge on any atom is 0.255 e. The Morgan fingerprint density at radius 3 is 2.67 bits per heavy atom. The van der Waals surface area contributed by atoms with Crippen LogP contribution in [-0.2, 0) is 9.53 Å². The Balaban J connectivity index is 2.68. The van der Waals surface area contributed by atoms with Gasteiger partial charge in [-0.25, -0.2) is 0 Å². The van der Waals surface area contributed by atoms with Gasteiger partial charge in [0.25, 0.3) is 5.91 Å². The number of ether oxygens (including phenoxy) is 2. The monoisotopic (exact) mass is 295 g/mol. The van der Waals surface area contributed by atoms with Crippen LogP contribution in [0.15, 0.2) is 18.2 Å². The van der Waals surface area contributed by atoms with Crippen LogP contribution in [0.5, 0.6) is 5.75 Å². The van der Waals surface area contributed by atoms with Crippen LogP contribution >= 0.6 is 0 Å². The van der Waals surface area contributed by atoms with Crippen LogP contribution in [0, 0.1) is 0 Å². The summed E-state index contributed by atoms with van der Waals surface area (Å²) in [7, 11) is 2.98. The van der Waals surface area contributed by atoms with Crippen LogP contribution in [0.3, 0.4) is 0 Å². The molecule has 7 heteroatoms. The number of para-hydroxylation sites is 1. The highest BCUT2D eigenvalue weighted by Crippen LogP contribution is 2.25. The lowest BCUT2D eigenvalue weighted by Crippen LogP contribution is -2.45. The van der Waals surface area contributed by atoms with E-state index in [1.54, 1.807) is 32.2 Å². The van der Waals surface area contributed by atoms with Gasteiger partial charge in [-0.1, -0.05) is 6.07 Å². The molecule has 0 spiro atoms. The molecule has 0 saturated carbocycles. The molecular weight excluding hydrogens is 274 g/mol. The molecule has 1 atom stereocenters. The maximum atomic E-state index is 12.2. The number of anilines is 1. The zero-order valence-corrected chi connectivity index (χ0v) is 12.4. The third-order valence-electron chi connectivity index (χ3n) is 2.84. The first-order valence-corrected chi connectivity index (χ1v) is 6.51. The van der Waals surface area contributed by atoms with E-state index in [1.807, 2.05) is 0 Å². The van der Waals surface area contributed by atoms with Crippen molar-refractivity contribution in [3.8, 4) is 5.75 Å². The molecule has 0 aliphatic rings. The number of carbonyl (C=O) groups is 2. The number of rotatable bonds is 7. The van der Waals surface area contributed by atoms with E-state index in [0.29, 0.717) is 24.6 Å². The number of amides is 2. The highest BCUT2D eigenvalue weighted by Gasteiger charge is 2.19. The largest absolute Gasteiger partial charge is 0.494 e. The Kier molecular flexibility index (Phi) is 6.48. The molecule has 2 amide bonds. The molecule has 21 heavy (non-hydrogen) atoms. The standard InChI is InChI=1S/C14H21N3O4/c1-9(13(18)16-7-8-20-2)17-14(19)10-5-4-6-11(15)12(10)21-3/h4-6,9H,7-8,15H2,1-3H3,(H,16,18)(H,17,19). The fraction of sp³-hybridized carbons (Fsp3) is 0.429. The predicted molar refractivity (Wildman–Crippen MR) is 79.2 cm³/mol. The third-order valence-corrected chi connectivity index (χ3v) is 2.84. The number of nitrogen functional groups attached to an aromatic ring is 1. The van der Waals surface area contributed by atoms with E-state index in [2.05, 4.69) is 10.6 Å². The van der Waals surface area contributed by atoms with Gasteiger partial charge in [0, 0.05) is 13.7 Å². The van der Waals surface area contributed by atoms with E-state index in [0.717, 1.165) is 0 Å². The summed E-state index contributed by atoms with van der Waals surface area (Å²) in [5.41, 5.74) is 6.39. The van der Waals surface area contributed by atoms with Crippen molar-refractivity contribution in [3.63, 3.8) is 0 Å². The Morgan fingerprint density at radius 2 is 2.05 bits per heavy atom. The van der Waals surface area contributed by atoms with Crippen LogP contribution < -0.4 is 21.1 Å². The Morgan fingerprint density at radius 1 is 1.33 bits per heavy atom. The molecule has 1 unspecified atom stereocenters. The van der Waals surface area contributed by atoms with Crippen molar-refractivity contribution < 1.29 is 19.1 Å². The first-order valence-electron chi connectivity index (χ1n) is 6.51. The van der Waals surface area contributed by atoms with Crippen molar-refractivity contribution in [2.24, 2.45) is 0 Å². The minimum absolute atomic E-state index is 0.286. The van der Waals surface area contributed by atoms with Gasteiger partial charge < -0.3 is 25.8 Å². The average Bonchev–Trinajstić information content (AvgIpc) is 2.46. The van der Waals surface area contributed by atoms with E-state index in [1.165, 1.54) is 7.11 Å². The van der Waals surface area contributed by atoms with E-state index in [-0.39, 0.29) is 11.5 Å². The molecule has 0 heterocycles. The van der Waals surface area contributed by atoms with Gasteiger partial charge in [0.15, 0.2) is 5.75 Å². The summed E-state index contributed by atoms with van der Waals surface area (Å²) >= 11 is 0. The number of benzene rings is 1. The van der Waals surface area contributed by atoms with Gasteiger partial charge >= 0.3 is 0 Å². The SMILES string of the molecule is COCCNC(=O)C(C)NC(=O)c1cccc(N)c1OC. The molecule has 7 nitrogen and oxygen atoms in total. The zero-order chi connectivity index (χ0) is 15.8. The van der Waals surface area contributed by atoms with Crippen molar-refractivity contribution in [2.45, 2.75) is 13.0 Å². The fourth-order valence-electron chi connectivity index (χ4n) is 1.73. The zero-order valence-electron chi connectivity index (χ0n) is 12.4. The molecule has 4 N–H and O–H groups in total. The Bertz CT molecular complexity index is 505. The molecule has 0 radical (unpaired) electrons. The molecule has 1 aromatic rings. The first-order chi connectivity index (χ1) is 10.0. The fourth-order valence-corrected chi connectivity index (χ4v) is 1.73. The molecule has 1 aromatic carbocycles. The lowest BCUT2D eigenvalue weighted by Gasteiger charge is -2.16. The molecule has 0 fully saturated rings. The second kappa shape index (κ2) is 8.11. The first kappa shape index (κ1) is 16.8. The summed E-state index contributed by atoms with van der Waals surface area (Å²) < 4.78 is 9.95. The minimum atomic E-state index is -0.680. The van der Waals surface area contributed by atoms with Gasteiger partial charge in [0.1, 0.15) is 6.04 Å². The van der Waals surface area contributed by atoms with Crippen molar-refractivity contribution in [2.75, 3.05) is 33.1 Å². The van der Waals surface area contributed by atoms with Gasteiger partial charge in [-0.2, -0.15) is 0 Å². The smallest absolute Gasteiger partial charge is 0.255 e. The summed E-state index contributed by atoms with van der Waals surface area (Å²) in [4.78, 5) is 23.9. The second-order valence-electron chi connectivity index (χ2n) is 4.41. The molecule has 0 bridgehead atoms. The minimum Gasteiger partial charge on any atom is -0.494 e. The molecule has 0 aliphatic heterocycles. The third kappa shape index (κ3) is 4.64. The van der Waals surface area contributed by atoms with Gasteiger partial charge in [0.2, 0.25) is 5.91 Å². The molecule has 116 valence electrons. The van der Waals surface area contributed by atoms with E-state index >= 15 is 0 Å². The van der Waals surface area contributed by atoms with Crippen LogP contribution in [0.2, 0.25) is 0 Å². The summed E-state index contributed by atoms with van der Waals surface area (Å²) in [5.74, 6) is -0.418. The van der Waals surface area contributed by atoms with Gasteiger partial charge in [-0.15, -0.1) is 0 Å². The highest BCUT2D eigenvalue weighted by molar-refractivity contribution is 6.00. The van der Waals surface area contributed by atoms with Gasteiger partial charge in [-0.3, -0.25) is 9.59 Å². The van der Waals surface area contributed by atoms with E-state index in [9.17, 15) is 9.59 Å². The lowest BCUT2D eigenvalue weighted by atomic mass is 10.1. The van der Waals surface area contributed by atoms with Crippen molar-refractivity contribution >= 4 is 17.5 Å². The van der Waals surface area contributed by atoms with Crippen LogP contribution in [0.1, 0.15) is 17.3 Å². The summed E-state index contributed by atoms with van der Waals surface area (Å²) in [6.07, 6.45) is 0. The average molecular weight is 295 g/mol. The Labute approximate surface area is 123 Å². The number of carbonyl (C=O) groups excluding carboxylic acids is 2. The molecule has 0 aromatic heterocycles. The van der Waals surface area contributed by atoms with Crippen LogP contribution in [0.4, 0.5) is 5.69 Å². The van der Waals surface area contributed by atoms with Crippen LogP contribution in [-0.4, -0.2) is 45.2 Å². The number of nitrogens with two attached hydrogens (primary N) is 1. The molecule has 1 rings (SSSR count). The van der Waals surface area contributed by atoms with Crippen LogP contribution in [0.25, 0.3) is 0 Å². The number of hydrogen-bond donors (Lipinski definition) is 3. The molecule has 0 saturated heterocycles. The van der Waals surface area contributed by atoms with Gasteiger partial charge in [0.05, 0.1) is 25.0 Å². The van der Waals surface area contributed by atoms with Crippen molar-refractivity contribution in [3.05, 3.63) is 23.8 Å². The van der Waals surface area contributed by atoms with E-state index < -0.39 is 11.9 Å². The van der Waals surface area contributed by atoms with Crippen molar-refractivity contribution in [1.82, 2.24) is 10.6 Å². The second-order valence-corrected chi connectivity index (χ2v) is 4.41. The summed E-state index contributed by atoms with van der Waals surface area (Å²) in [6, 6.07) is 4.19. The number of nitrogens with one attached hydrogen (secondary N) is 2. The van der Waals surface area contributed by atoms with E-state index in [4.69, 9.17) is 15.2 Å². The summed E-state index contributed by atoms with van der Waals surface area (Å²) in [6.45, 7) is 2.39. The summed E-state index contributed by atoms with van der Waals surface area (Å²) in [5, 5.41) is 5.24. The lowest BCUT2D eigenvalue weighted by molar-refractivity contribution is -0.122.